The fourth-order valence-electron chi connectivity index (χ4n) is 0.940. The van der Waals surface area contributed by atoms with Crippen molar-refractivity contribution in [2.45, 2.75) is 39.2 Å². The topological polar surface area (TPSA) is 81.7 Å². The van der Waals surface area contributed by atoms with Gasteiger partial charge in [0.1, 0.15) is 17.8 Å². The van der Waals surface area contributed by atoms with E-state index in [2.05, 4.69) is 10.1 Å². The second kappa shape index (κ2) is 6.88. The van der Waals surface area contributed by atoms with Gasteiger partial charge in [-0.05, 0) is 20.8 Å². The summed E-state index contributed by atoms with van der Waals surface area (Å²) < 4.78 is 9.31. The maximum Gasteiger partial charge on any atom is 0.407 e. The average molecular weight is 245 g/mol. The summed E-state index contributed by atoms with van der Waals surface area (Å²) in [7, 11) is 1.22. The van der Waals surface area contributed by atoms with E-state index in [0.29, 0.717) is 0 Å². The lowest BCUT2D eigenvalue weighted by molar-refractivity contribution is -0.143. The van der Waals surface area contributed by atoms with E-state index >= 15 is 0 Å². The number of hydrogen-bond acceptors (Lipinski definition) is 5. The van der Waals surface area contributed by atoms with Crippen LogP contribution >= 0.6 is 0 Å². The summed E-state index contributed by atoms with van der Waals surface area (Å²) in [5, 5.41) is 2.43. The number of amides is 1. The fraction of sp³-hybridized carbons (Fsp3) is 0.727. The Morgan fingerprint density at radius 3 is 2.24 bits per heavy atom. The Bertz CT molecular complexity index is 293. The summed E-state index contributed by atoms with van der Waals surface area (Å²) in [4.78, 5) is 33.1. The highest BCUT2D eigenvalue weighted by atomic mass is 16.6. The van der Waals surface area contributed by atoms with E-state index in [4.69, 9.17) is 4.74 Å². The van der Waals surface area contributed by atoms with Crippen molar-refractivity contribution in [2.75, 3.05) is 13.7 Å². The van der Waals surface area contributed by atoms with Crippen molar-refractivity contribution in [3.8, 4) is 0 Å². The zero-order valence-electron chi connectivity index (χ0n) is 10.7. The van der Waals surface area contributed by atoms with E-state index < -0.39 is 17.7 Å². The van der Waals surface area contributed by atoms with E-state index in [-0.39, 0.29) is 25.2 Å². The van der Waals surface area contributed by atoms with Gasteiger partial charge in [-0.15, -0.1) is 0 Å². The van der Waals surface area contributed by atoms with Gasteiger partial charge in [0.25, 0.3) is 0 Å². The smallest absolute Gasteiger partial charge is 0.407 e. The molecule has 0 aliphatic carbocycles. The predicted molar refractivity (Wildman–Crippen MR) is 60.5 cm³/mol. The Hall–Kier alpha value is -1.59. The Labute approximate surface area is 101 Å². The highest BCUT2D eigenvalue weighted by Gasteiger charge is 2.16. The van der Waals surface area contributed by atoms with Gasteiger partial charge in [-0.2, -0.15) is 0 Å². The molecule has 6 heteroatoms. The van der Waals surface area contributed by atoms with Gasteiger partial charge in [0.15, 0.2) is 0 Å². The molecule has 0 radical (unpaired) electrons. The number of Topliss-reactive ketones (excluding diaryl/α,β-unsaturated/α-hetero) is 1. The molecule has 98 valence electrons. The molecule has 0 bridgehead atoms. The first-order valence-electron chi connectivity index (χ1n) is 5.30. The monoisotopic (exact) mass is 245 g/mol. The summed E-state index contributed by atoms with van der Waals surface area (Å²) in [6.45, 7) is 5.38. The minimum atomic E-state index is -0.580. The standard InChI is InChI=1S/C11H19NO5/c1-11(2,3)17-10(15)12-6-5-8(13)7-9(14)16-4/h5-7H2,1-4H3,(H,12,15). The molecule has 0 aliphatic heterocycles. The lowest BCUT2D eigenvalue weighted by atomic mass is 10.2. The number of nitrogens with one attached hydrogen (secondary N) is 1. The van der Waals surface area contributed by atoms with Crippen molar-refractivity contribution in [3.63, 3.8) is 0 Å². The van der Waals surface area contributed by atoms with E-state index in [1.54, 1.807) is 20.8 Å². The van der Waals surface area contributed by atoms with Crippen LogP contribution in [0.25, 0.3) is 0 Å². The van der Waals surface area contributed by atoms with E-state index in [9.17, 15) is 14.4 Å². The van der Waals surface area contributed by atoms with Gasteiger partial charge in [0, 0.05) is 13.0 Å². The second-order valence-corrected chi connectivity index (χ2v) is 4.47. The summed E-state index contributed by atoms with van der Waals surface area (Å²) in [5.41, 5.74) is -0.569. The Morgan fingerprint density at radius 1 is 1.18 bits per heavy atom. The lowest BCUT2D eigenvalue weighted by Crippen LogP contribution is -2.33. The number of carbonyl (C=O) groups excluding carboxylic acids is 3. The number of carbonyl (C=O) groups is 3. The van der Waals surface area contributed by atoms with Crippen LogP contribution in [0.5, 0.6) is 0 Å². The maximum absolute atomic E-state index is 11.2. The van der Waals surface area contributed by atoms with Crippen LogP contribution in [-0.4, -0.2) is 37.1 Å². The SMILES string of the molecule is COC(=O)CC(=O)CCNC(=O)OC(C)(C)C. The second-order valence-electron chi connectivity index (χ2n) is 4.47. The van der Waals surface area contributed by atoms with E-state index in [1.807, 2.05) is 0 Å². The molecule has 17 heavy (non-hydrogen) atoms. The van der Waals surface area contributed by atoms with Crippen LogP contribution in [0.3, 0.4) is 0 Å². The molecule has 0 atom stereocenters. The van der Waals surface area contributed by atoms with Gasteiger partial charge >= 0.3 is 12.1 Å². The third kappa shape index (κ3) is 9.35. The highest BCUT2D eigenvalue weighted by molar-refractivity contribution is 5.95. The van der Waals surface area contributed by atoms with Gasteiger partial charge in [-0.3, -0.25) is 9.59 Å². The molecule has 1 amide bonds. The average Bonchev–Trinajstić information content (AvgIpc) is 2.14. The van der Waals surface area contributed by atoms with Crippen molar-refractivity contribution in [1.82, 2.24) is 5.32 Å². The Balaban J connectivity index is 3.74. The molecular formula is C11H19NO5. The lowest BCUT2D eigenvalue weighted by Gasteiger charge is -2.19. The fourth-order valence-corrected chi connectivity index (χ4v) is 0.940. The van der Waals surface area contributed by atoms with Crippen LogP contribution in [0.2, 0.25) is 0 Å². The van der Waals surface area contributed by atoms with Crippen molar-refractivity contribution in [2.24, 2.45) is 0 Å². The van der Waals surface area contributed by atoms with Gasteiger partial charge in [0.2, 0.25) is 0 Å². The zero-order valence-corrected chi connectivity index (χ0v) is 10.7. The van der Waals surface area contributed by atoms with E-state index in [0.717, 1.165) is 0 Å². The van der Waals surface area contributed by atoms with Gasteiger partial charge in [-0.25, -0.2) is 4.79 Å². The number of hydrogen-bond donors (Lipinski definition) is 1. The molecule has 0 saturated carbocycles. The first-order valence-corrected chi connectivity index (χ1v) is 5.30. The molecule has 6 nitrogen and oxygen atoms in total. The molecule has 0 unspecified atom stereocenters. The van der Waals surface area contributed by atoms with Crippen LogP contribution in [0.1, 0.15) is 33.6 Å². The molecule has 0 aromatic rings. The summed E-state index contributed by atoms with van der Waals surface area (Å²) in [6, 6.07) is 0. The Morgan fingerprint density at radius 2 is 1.76 bits per heavy atom. The number of ether oxygens (including phenoxy) is 2. The third-order valence-corrected chi connectivity index (χ3v) is 1.64. The molecule has 0 heterocycles. The molecule has 0 saturated heterocycles. The van der Waals surface area contributed by atoms with E-state index in [1.165, 1.54) is 7.11 Å². The molecule has 0 rings (SSSR count). The number of esters is 1. The zero-order chi connectivity index (χ0) is 13.5. The van der Waals surface area contributed by atoms with Crippen LogP contribution in [0, 0.1) is 0 Å². The molecule has 0 aromatic heterocycles. The molecule has 0 spiro atoms. The summed E-state index contributed by atoms with van der Waals surface area (Å²) in [5.74, 6) is -0.861. The van der Waals surface area contributed by atoms with Crippen LogP contribution < -0.4 is 5.32 Å². The third-order valence-electron chi connectivity index (χ3n) is 1.64. The normalized spacial score (nSPS) is 10.6. The van der Waals surface area contributed by atoms with Crippen LogP contribution in [0.4, 0.5) is 4.79 Å². The molecular weight excluding hydrogens is 226 g/mol. The van der Waals surface area contributed by atoms with Gasteiger partial charge < -0.3 is 14.8 Å². The molecule has 0 aromatic carbocycles. The molecule has 0 fully saturated rings. The molecule has 0 aliphatic rings. The Kier molecular flexibility index (Phi) is 6.23. The maximum atomic E-state index is 11.2. The molecule has 1 N–H and O–H groups in total. The van der Waals surface area contributed by atoms with Gasteiger partial charge in [0.05, 0.1) is 7.11 Å². The van der Waals surface area contributed by atoms with Gasteiger partial charge in [-0.1, -0.05) is 0 Å². The number of alkyl carbamates (subject to hydrolysis) is 1. The number of ketones is 1. The number of rotatable bonds is 5. The minimum absolute atomic E-state index is 0.0777. The summed E-state index contributed by atoms with van der Waals surface area (Å²) >= 11 is 0. The van der Waals surface area contributed by atoms with Crippen LogP contribution in [-0.2, 0) is 19.1 Å². The van der Waals surface area contributed by atoms with Crippen molar-refractivity contribution in [1.29, 1.82) is 0 Å². The predicted octanol–water partition coefficient (Wildman–Crippen LogP) is 1.03. The summed E-state index contributed by atoms with van der Waals surface area (Å²) in [6.07, 6.45) is -0.774. The van der Waals surface area contributed by atoms with Crippen molar-refractivity contribution < 1.29 is 23.9 Å². The van der Waals surface area contributed by atoms with Crippen molar-refractivity contribution >= 4 is 17.8 Å². The first-order chi connectivity index (χ1) is 7.74. The van der Waals surface area contributed by atoms with Crippen molar-refractivity contribution in [3.05, 3.63) is 0 Å². The van der Waals surface area contributed by atoms with Crippen LogP contribution in [0.15, 0.2) is 0 Å². The largest absolute Gasteiger partial charge is 0.469 e. The minimum Gasteiger partial charge on any atom is -0.469 e. The first kappa shape index (κ1) is 15.4. The number of methoxy groups -OCH3 is 1. The highest BCUT2D eigenvalue weighted by Crippen LogP contribution is 2.06. The quantitative estimate of drug-likeness (QED) is 0.578.